The molecule has 2 atom stereocenters. The number of piperidine rings is 1. The fourth-order valence-electron chi connectivity index (χ4n) is 5.20. The topological polar surface area (TPSA) is 119 Å². The number of ether oxygens (including phenoxy) is 2. The number of nitrogens with zero attached hydrogens (tertiary/aromatic N) is 7. The molecule has 194 valence electrons. The van der Waals surface area contributed by atoms with E-state index in [1.54, 1.807) is 37.9 Å². The molecule has 0 saturated carbocycles. The maximum Gasteiger partial charge on any atom is 0.212 e. The number of anilines is 2. The molecule has 37 heavy (non-hydrogen) atoms. The average Bonchev–Trinajstić information content (AvgIpc) is 3.53. The highest BCUT2D eigenvalue weighted by atomic mass is 16.5. The van der Waals surface area contributed by atoms with Crippen LogP contribution in [0.1, 0.15) is 25.8 Å². The molecular weight excluding hydrogens is 472 g/mol. The maximum absolute atomic E-state index is 10.1. The van der Waals surface area contributed by atoms with Crippen molar-refractivity contribution >= 4 is 17.0 Å². The molecule has 4 aromatic heterocycles. The number of fused-ring (bicyclic) bond motifs is 3. The van der Waals surface area contributed by atoms with E-state index >= 15 is 0 Å². The normalized spacial score (nSPS) is 19.7. The van der Waals surface area contributed by atoms with Gasteiger partial charge in [0.05, 0.1) is 36.5 Å². The molecule has 7 rings (SSSR count). The Morgan fingerprint density at radius 3 is 2.68 bits per heavy atom. The molecule has 2 bridgehead atoms. The number of nitrogens with two attached hydrogens (primary N) is 1. The van der Waals surface area contributed by atoms with Crippen LogP contribution in [0.2, 0.25) is 0 Å². The van der Waals surface area contributed by atoms with Gasteiger partial charge in [0.2, 0.25) is 5.88 Å². The van der Waals surface area contributed by atoms with Crippen molar-refractivity contribution in [1.82, 2.24) is 29.3 Å². The third-order valence-corrected chi connectivity index (χ3v) is 7.05. The first-order valence-electron chi connectivity index (χ1n) is 12.4. The maximum atomic E-state index is 10.1. The van der Waals surface area contributed by atoms with Gasteiger partial charge in [-0.3, -0.25) is 4.90 Å². The number of aliphatic hydroxyl groups is 1. The van der Waals surface area contributed by atoms with Gasteiger partial charge < -0.3 is 25.2 Å². The lowest BCUT2D eigenvalue weighted by Gasteiger charge is -2.56. The molecule has 3 N–H and O–H groups in total. The Labute approximate surface area is 215 Å². The lowest BCUT2D eigenvalue weighted by atomic mass is 9.87. The van der Waals surface area contributed by atoms with Crippen LogP contribution in [0.25, 0.3) is 11.2 Å². The van der Waals surface area contributed by atoms with Crippen LogP contribution in [-0.4, -0.2) is 78.9 Å². The van der Waals surface area contributed by atoms with Crippen LogP contribution in [-0.2, 0) is 6.54 Å². The molecule has 7 heterocycles. The number of methoxy groups -OCH3 is 1. The first-order chi connectivity index (χ1) is 17.8. The molecule has 3 fully saturated rings. The van der Waals surface area contributed by atoms with E-state index in [1.165, 1.54) is 12.0 Å². The van der Waals surface area contributed by atoms with Crippen molar-refractivity contribution < 1.29 is 14.6 Å². The summed E-state index contributed by atoms with van der Waals surface area (Å²) in [4.78, 5) is 9.25. The Morgan fingerprint density at radius 1 is 1.16 bits per heavy atom. The average molecular weight is 505 g/mol. The van der Waals surface area contributed by atoms with Crippen LogP contribution in [0.5, 0.6) is 11.6 Å². The summed E-state index contributed by atoms with van der Waals surface area (Å²) in [6.07, 6.45) is 8.42. The third kappa shape index (κ3) is 4.56. The summed E-state index contributed by atoms with van der Waals surface area (Å²) in [7, 11) is 1.63. The number of pyridine rings is 2. The second-order valence-corrected chi connectivity index (χ2v) is 10.5. The van der Waals surface area contributed by atoms with Crippen molar-refractivity contribution in [3.05, 3.63) is 54.6 Å². The van der Waals surface area contributed by atoms with Gasteiger partial charge in [-0.15, -0.1) is 0 Å². The van der Waals surface area contributed by atoms with Gasteiger partial charge in [-0.25, -0.2) is 14.2 Å². The smallest absolute Gasteiger partial charge is 0.212 e. The first kappa shape index (κ1) is 23.6. The van der Waals surface area contributed by atoms with Crippen LogP contribution >= 0.6 is 0 Å². The molecular formula is C26H32N8O3. The molecule has 0 aromatic carbocycles. The van der Waals surface area contributed by atoms with Gasteiger partial charge in [-0.2, -0.15) is 10.2 Å². The van der Waals surface area contributed by atoms with Crippen LogP contribution in [0.3, 0.4) is 0 Å². The summed E-state index contributed by atoms with van der Waals surface area (Å²) in [6.45, 7) is 6.31. The SMILES string of the molecule is COc1ccc(CN2C3CC2CN(c2ccn(-c4cc(OCC(C)(C)O)cn5ncc(N)c45)n2)C3)cn1. The molecule has 2 unspecified atom stereocenters. The summed E-state index contributed by atoms with van der Waals surface area (Å²) in [5, 5.41) is 19.3. The molecule has 3 saturated heterocycles. The number of piperazine rings is 1. The summed E-state index contributed by atoms with van der Waals surface area (Å²) >= 11 is 0. The molecule has 0 aliphatic carbocycles. The van der Waals surface area contributed by atoms with E-state index < -0.39 is 5.60 Å². The Balaban J connectivity index is 1.19. The van der Waals surface area contributed by atoms with Gasteiger partial charge in [0, 0.05) is 62.3 Å². The largest absolute Gasteiger partial charge is 0.489 e. The Kier molecular flexibility index (Phi) is 5.68. The minimum Gasteiger partial charge on any atom is -0.489 e. The zero-order valence-corrected chi connectivity index (χ0v) is 21.3. The molecule has 0 radical (unpaired) electrons. The van der Waals surface area contributed by atoms with Gasteiger partial charge in [-0.05, 0) is 25.8 Å². The number of nitrogen functional groups attached to an aromatic ring is 1. The van der Waals surface area contributed by atoms with Gasteiger partial charge in [0.1, 0.15) is 17.9 Å². The van der Waals surface area contributed by atoms with Crippen molar-refractivity contribution in [2.75, 3.05) is 37.4 Å². The van der Waals surface area contributed by atoms with Crippen molar-refractivity contribution in [2.24, 2.45) is 0 Å². The molecule has 3 aliphatic rings. The predicted molar refractivity (Wildman–Crippen MR) is 139 cm³/mol. The summed E-state index contributed by atoms with van der Waals surface area (Å²) in [5.41, 5.74) is 8.57. The summed E-state index contributed by atoms with van der Waals surface area (Å²) in [5.74, 6) is 2.14. The fraction of sp³-hybridized carbons (Fsp3) is 0.423. The minimum atomic E-state index is -0.954. The van der Waals surface area contributed by atoms with E-state index in [0.29, 0.717) is 29.4 Å². The van der Waals surface area contributed by atoms with Crippen LogP contribution in [0.4, 0.5) is 11.5 Å². The zero-order valence-electron chi connectivity index (χ0n) is 21.3. The minimum absolute atomic E-state index is 0.151. The monoisotopic (exact) mass is 504 g/mol. The van der Waals surface area contributed by atoms with Crippen molar-refractivity contribution in [2.45, 2.75) is 44.5 Å². The van der Waals surface area contributed by atoms with E-state index in [4.69, 9.17) is 20.3 Å². The molecule has 0 spiro atoms. The lowest BCUT2D eigenvalue weighted by molar-refractivity contribution is -0.00878. The zero-order chi connectivity index (χ0) is 25.7. The highest BCUT2D eigenvalue weighted by molar-refractivity contribution is 5.79. The predicted octanol–water partition coefficient (Wildman–Crippen LogP) is 2.12. The standard InChI is InChI=1S/C26H32N8O3/c1-26(2,35)16-37-20-9-22(25-21(27)11-29-34(25)15-20)33-7-6-23(30-33)31-13-18-8-19(14-31)32(18)12-17-4-5-24(36-3)28-10-17/h4-7,9-11,15,18-19,35H,8,12-14,16,27H2,1-3H3. The van der Waals surface area contributed by atoms with Crippen LogP contribution < -0.4 is 20.1 Å². The molecule has 11 heteroatoms. The summed E-state index contributed by atoms with van der Waals surface area (Å²) < 4.78 is 14.5. The first-order valence-corrected chi connectivity index (χ1v) is 12.4. The van der Waals surface area contributed by atoms with Crippen molar-refractivity contribution in [1.29, 1.82) is 0 Å². The highest BCUT2D eigenvalue weighted by Crippen LogP contribution is 2.36. The fourth-order valence-corrected chi connectivity index (χ4v) is 5.20. The Bertz CT molecular complexity index is 1400. The van der Waals surface area contributed by atoms with Gasteiger partial charge in [0.15, 0.2) is 5.82 Å². The van der Waals surface area contributed by atoms with Gasteiger partial charge in [-0.1, -0.05) is 6.07 Å². The van der Waals surface area contributed by atoms with Crippen LogP contribution in [0.15, 0.2) is 49.1 Å². The molecule has 3 aliphatic heterocycles. The summed E-state index contributed by atoms with van der Waals surface area (Å²) in [6, 6.07) is 8.90. The highest BCUT2D eigenvalue weighted by Gasteiger charge is 2.44. The molecule has 4 aromatic rings. The van der Waals surface area contributed by atoms with Gasteiger partial charge >= 0.3 is 0 Å². The number of rotatable bonds is 8. The number of aromatic nitrogens is 5. The lowest BCUT2D eigenvalue weighted by Crippen LogP contribution is -2.68. The number of hydrogen-bond acceptors (Lipinski definition) is 9. The van der Waals surface area contributed by atoms with E-state index in [9.17, 15) is 5.11 Å². The Morgan fingerprint density at radius 2 is 1.97 bits per heavy atom. The Hall–Kier alpha value is -3.83. The number of hydrogen-bond donors (Lipinski definition) is 2. The second kappa shape index (κ2) is 8.93. The second-order valence-electron chi connectivity index (χ2n) is 10.5. The third-order valence-electron chi connectivity index (χ3n) is 7.05. The quantitative estimate of drug-likeness (QED) is 0.372. The molecule has 11 nitrogen and oxygen atoms in total. The van der Waals surface area contributed by atoms with Crippen LogP contribution in [0, 0.1) is 0 Å². The van der Waals surface area contributed by atoms with E-state index in [2.05, 4.69) is 25.9 Å². The van der Waals surface area contributed by atoms with E-state index in [-0.39, 0.29) is 6.61 Å². The van der Waals surface area contributed by atoms with Crippen molar-refractivity contribution in [3.8, 4) is 17.3 Å². The van der Waals surface area contributed by atoms with E-state index in [0.717, 1.165) is 36.7 Å². The van der Waals surface area contributed by atoms with Crippen molar-refractivity contribution in [3.63, 3.8) is 0 Å². The van der Waals surface area contributed by atoms with E-state index in [1.807, 2.05) is 35.3 Å². The van der Waals surface area contributed by atoms with Gasteiger partial charge in [0.25, 0.3) is 0 Å². The molecule has 0 amide bonds.